The molecule has 0 atom stereocenters. The highest BCUT2D eigenvalue weighted by molar-refractivity contribution is 7.09. The highest BCUT2D eigenvalue weighted by atomic mass is 32.1. The van der Waals surface area contributed by atoms with Gasteiger partial charge in [-0.25, -0.2) is 0 Å². The summed E-state index contributed by atoms with van der Waals surface area (Å²) in [6, 6.07) is 4.28. The van der Waals surface area contributed by atoms with Crippen LogP contribution in [0.5, 0.6) is 0 Å². The fourth-order valence-corrected chi connectivity index (χ4v) is 2.55. The van der Waals surface area contributed by atoms with Gasteiger partial charge in [-0.15, -0.1) is 11.3 Å². The number of aliphatic hydroxyl groups is 1. The van der Waals surface area contributed by atoms with E-state index in [1.807, 2.05) is 0 Å². The monoisotopic (exact) mass is 241 g/mol. The number of hydrogen-bond acceptors (Lipinski definition) is 3. The van der Waals surface area contributed by atoms with Crippen molar-refractivity contribution in [3.05, 3.63) is 22.4 Å². The van der Waals surface area contributed by atoms with Crippen LogP contribution >= 0.6 is 11.3 Å². The maximum absolute atomic E-state index is 8.92. The van der Waals surface area contributed by atoms with Crippen molar-refractivity contribution in [1.82, 2.24) is 4.90 Å². The van der Waals surface area contributed by atoms with Crippen LogP contribution in [0.25, 0.3) is 0 Å². The van der Waals surface area contributed by atoms with E-state index < -0.39 is 0 Å². The van der Waals surface area contributed by atoms with E-state index in [-0.39, 0.29) is 6.61 Å². The molecule has 0 aliphatic heterocycles. The van der Waals surface area contributed by atoms with E-state index in [0.29, 0.717) is 5.41 Å². The van der Waals surface area contributed by atoms with E-state index in [9.17, 15) is 0 Å². The van der Waals surface area contributed by atoms with E-state index in [1.165, 1.54) is 4.88 Å². The Morgan fingerprint density at radius 1 is 1.38 bits per heavy atom. The summed E-state index contributed by atoms with van der Waals surface area (Å²) >= 11 is 1.81. The van der Waals surface area contributed by atoms with Crippen LogP contribution in [-0.4, -0.2) is 29.7 Å². The first kappa shape index (κ1) is 13.7. The lowest BCUT2D eigenvalue weighted by molar-refractivity contribution is 0.167. The summed E-state index contributed by atoms with van der Waals surface area (Å²) in [5.74, 6) is 0. The molecule has 0 fully saturated rings. The van der Waals surface area contributed by atoms with Gasteiger partial charge in [0.2, 0.25) is 0 Å². The molecule has 0 aliphatic carbocycles. The Hall–Kier alpha value is -0.380. The molecule has 0 radical (unpaired) electrons. The van der Waals surface area contributed by atoms with E-state index in [4.69, 9.17) is 5.11 Å². The summed E-state index contributed by atoms with van der Waals surface area (Å²) < 4.78 is 0. The summed E-state index contributed by atoms with van der Waals surface area (Å²) in [7, 11) is 0. The van der Waals surface area contributed by atoms with Gasteiger partial charge in [0.1, 0.15) is 0 Å². The molecule has 1 aromatic rings. The van der Waals surface area contributed by atoms with Crippen LogP contribution in [0.15, 0.2) is 17.5 Å². The topological polar surface area (TPSA) is 23.5 Å². The molecule has 0 saturated carbocycles. The third-order valence-corrected chi connectivity index (χ3v) is 3.15. The molecule has 0 saturated heterocycles. The predicted molar refractivity (Wildman–Crippen MR) is 70.8 cm³/mol. The Kier molecular flexibility index (Phi) is 5.46. The van der Waals surface area contributed by atoms with Crippen molar-refractivity contribution in [1.29, 1.82) is 0 Å². The molecule has 1 N–H and O–H groups in total. The Balaban J connectivity index is 2.50. The van der Waals surface area contributed by atoms with Crippen molar-refractivity contribution >= 4 is 11.3 Å². The van der Waals surface area contributed by atoms with E-state index >= 15 is 0 Å². The zero-order valence-electron chi connectivity index (χ0n) is 10.6. The van der Waals surface area contributed by atoms with Gasteiger partial charge in [-0.2, -0.15) is 0 Å². The molecule has 0 aromatic carbocycles. The summed E-state index contributed by atoms with van der Waals surface area (Å²) in [5.41, 5.74) is 0.312. The van der Waals surface area contributed by atoms with Crippen molar-refractivity contribution in [2.75, 3.05) is 19.7 Å². The Morgan fingerprint density at radius 3 is 2.62 bits per heavy atom. The highest BCUT2D eigenvalue weighted by Gasteiger charge is 2.16. The average molecular weight is 241 g/mol. The summed E-state index contributed by atoms with van der Waals surface area (Å²) in [5, 5.41) is 11.0. The largest absolute Gasteiger partial charge is 0.396 e. The molecule has 0 unspecified atom stereocenters. The SMILES string of the molecule is CC(C)(C)CN(CCCO)Cc1cccs1. The van der Waals surface area contributed by atoms with Crippen molar-refractivity contribution in [2.24, 2.45) is 5.41 Å². The molecule has 0 aliphatic rings. The number of aliphatic hydroxyl groups excluding tert-OH is 1. The Morgan fingerprint density at radius 2 is 2.12 bits per heavy atom. The van der Waals surface area contributed by atoms with Crippen molar-refractivity contribution < 1.29 is 5.11 Å². The predicted octanol–water partition coefficient (Wildman–Crippen LogP) is 2.98. The van der Waals surface area contributed by atoms with Gasteiger partial charge in [-0.1, -0.05) is 26.8 Å². The third-order valence-electron chi connectivity index (χ3n) is 2.29. The number of hydrogen-bond donors (Lipinski definition) is 1. The van der Waals surface area contributed by atoms with Crippen molar-refractivity contribution in [3.8, 4) is 0 Å². The average Bonchev–Trinajstić information content (AvgIpc) is 2.64. The number of nitrogens with zero attached hydrogens (tertiary/aromatic N) is 1. The van der Waals surface area contributed by atoms with Gasteiger partial charge in [-0.05, 0) is 23.3 Å². The van der Waals surface area contributed by atoms with Crippen LogP contribution < -0.4 is 0 Å². The molecule has 1 aromatic heterocycles. The Bertz CT molecular complexity index is 277. The molecule has 0 bridgehead atoms. The normalized spacial score (nSPS) is 12.3. The van der Waals surface area contributed by atoms with Gasteiger partial charge >= 0.3 is 0 Å². The summed E-state index contributed by atoms with van der Waals surface area (Å²) in [4.78, 5) is 3.84. The van der Waals surface area contributed by atoms with E-state index in [2.05, 4.69) is 43.2 Å². The first-order valence-electron chi connectivity index (χ1n) is 5.87. The lowest BCUT2D eigenvalue weighted by atomic mass is 9.96. The molecular formula is C13H23NOS. The van der Waals surface area contributed by atoms with Gasteiger partial charge in [0.15, 0.2) is 0 Å². The fourth-order valence-electron chi connectivity index (χ4n) is 1.80. The minimum Gasteiger partial charge on any atom is -0.396 e. The molecule has 0 amide bonds. The van der Waals surface area contributed by atoms with Crippen LogP contribution in [0.2, 0.25) is 0 Å². The minimum atomic E-state index is 0.283. The molecule has 3 heteroatoms. The van der Waals surface area contributed by atoms with Gasteiger partial charge in [-0.3, -0.25) is 4.90 Å². The Labute approximate surface area is 103 Å². The van der Waals surface area contributed by atoms with Crippen LogP contribution in [0.4, 0.5) is 0 Å². The third kappa shape index (κ3) is 5.64. The highest BCUT2D eigenvalue weighted by Crippen LogP contribution is 2.19. The molecule has 92 valence electrons. The van der Waals surface area contributed by atoms with Crippen molar-refractivity contribution in [3.63, 3.8) is 0 Å². The fraction of sp³-hybridized carbons (Fsp3) is 0.692. The first-order valence-corrected chi connectivity index (χ1v) is 6.75. The van der Waals surface area contributed by atoms with Crippen LogP contribution in [0, 0.1) is 5.41 Å². The van der Waals surface area contributed by atoms with Gasteiger partial charge in [0.05, 0.1) is 0 Å². The molecule has 16 heavy (non-hydrogen) atoms. The lowest BCUT2D eigenvalue weighted by Crippen LogP contribution is -2.33. The standard InChI is InChI=1S/C13H23NOS/c1-13(2,3)11-14(7-5-8-15)10-12-6-4-9-16-12/h4,6,9,15H,5,7-8,10-11H2,1-3H3. The maximum atomic E-state index is 8.92. The second-order valence-electron chi connectivity index (χ2n) is 5.43. The number of thiophene rings is 1. The zero-order valence-corrected chi connectivity index (χ0v) is 11.4. The van der Waals surface area contributed by atoms with Crippen molar-refractivity contribution in [2.45, 2.75) is 33.7 Å². The first-order chi connectivity index (χ1) is 7.51. The molecular weight excluding hydrogens is 218 g/mol. The van der Waals surface area contributed by atoms with Gasteiger partial charge in [0.25, 0.3) is 0 Å². The second kappa shape index (κ2) is 6.38. The maximum Gasteiger partial charge on any atom is 0.0443 e. The molecule has 1 heterocycles. The zero-order chi connectivity index (χ0) is 12.0. The van der Waals surface area contributed by atoms with E-state index in [0.717, 1.165) is 26.1 Å². The van der Waals surface area contributed by atoms with E-state index in [1.54, 1.807) is 11.3 Å². The molecule has 2 nitrogen and oxygen atoms in total. The summed E-state index contributed by atoms with van der Waals surface area (Å²) in [6.45, 7) is 10.1. The second-order valence-corrected chi connectivity index (χ2v) is 6.46. The molecule has 1 rings (SSSR count). The van der Waals surface area contributed by atoms with Crippen LogP contribution in [0.3, 0.4) is 0 Å². The van der Waals surface area contributed by atoms with Crippen LogP contribution in [0.1, 0.15) is 32.1 Å². The quantitative estimate of drug-likeness (QED) is 0.827. The summed E-state index contributed by atoms with van der Waals surface area (Å²) in [6.07, 6.45) is 0.863. The minimum absolute atomic E-state index is 0.283. The number of rotatable bonds is 6. The molecule has 0 spiro atoms. The lowest BCUT2D eigenvalue weighted by Gasteiger charge is -2.29. The van der Waals surface area contributed by atoms with Crippen LogP contribution in [-0.2, 0) is 6.54 Å². The smallest absolute Gasteiger partial charge is 0.0443 e. The van der Waals surface area contributed by atoms with Gasteiger partial charge < -0.3 is 5.11 Å². The van der Waals surface area contributed by atoms with Gasteiger partial charge in [0, 0.05) is 31.1 Å².